The number of benzene rings is 3. The molecule has 0 aromatic heterocycles. The van der Waals surface area contributed by atoms with Gasteiger partial charge in [0.05, 0.1) is 12.7 Å². The summed E-state index contributed by atoms with van der Waals surface area (Å²) in [5, 5.41) is 10.0. The number of aliphatic hydroxyl groups excluding tert-OH is 1. The molecular formula is C27H27F3O3. The van der Waals surface area contributed by atoms with Gasteiger partial charge in [-0.15, -0.1) is 6.58 Å². The highest BCUT2D eigenvalue weighted by Gasteiger charge is 2.16. The van der Waals surface area contributed by atoms with Crippen molar-refractivity contribution >= 4 is 0 Å². The van der Waals surface area contributed by atoms with E-state index in [0.717, 1.165) is 6.42 Å². The summed E-state index contributed by atoms with van der Waals surface area (Å²) >= 11 is 0. The molecule has 1 atom stereocenters. The summed E-state index contributed by atoms with van der Waals surface area (Å²) in [7, 11) is 0. The third-order valence-corrected chi connectivity index (χ3v) is 5.21. The lowest BCUT2D eigenvalue weighted by atomic mass is 10.0. The number of ether oxygens (including phenoxy) is 2. The first-order chi connectivity index (χ1) is 15.9. The average Bonchev–Trinajstić information content (AvgIpc) is 2.82. The molecule has 174 valence electrons. The lowest BCUT2D eigenvalue weighted by molar-refractivity contribution is 0.166. The van der Waals surface area contributed by atoms with Crippen LogP contribution in [0.1, 0.15) is 43.4 Å². The summed E-state index contributed by atoms with van der Waals surface area (Å²) in [6.45, 7) is 5.72. The topological polar surface area (TPSA) is 38.7 Å². The number of aliphatic hydroxyl groups is 1. The van der Waals surface area contributed by atoms with Crippen LogP contribution in [0.2, 0.25) is 0 Å². The van der Waals surface area contributed by atoms with Crippen molar-refractivity contribution in [1.29, 1.82) is 0 Å². The van der Waals surface area contributed by atoms with Gasteiger partial charge in [0.25, 0.3) is 0 Å². The largest absolute Gasteiger partial charge is 0.490 e. The molecule has 1 unspecified atom stereocenters. The van der Waals surface area contributed by atoms with Gasteiger partial charge in [-0.05, 0) is 54.3 Å². The van der Waals surface area contributed by atoms with Crippen LogP contribution >= 0.6 is 0 Å². The Morgan fingerprint density at radius 3 is 2.39 bits per heavy atom. The van der Waals surface area contributed by atoms with E-state index in [2.05, 4.69) is 6.58 Å². The van der Waals surface area contributed by atoms with Crippen molar-refractivity contribution in [2.45, 2.75) is 38.9 Å². The van der Waals surface area contributed by atoms with Gasteiger partial charge in [-0.2, -0.15) is 4.39 Å². The zero-order valence-electron chi connectivity index (χ0n) is 18.5. The molecule has 0 aliphatic rings. The first-order valence-electron chi connectivity index (χ1n) is 10.9. The predicted molar refractivity (Wildman–Crippen MR) is 123 cm³/mol. The van der Waals surface area contributed by atoms with Crippen LogP contribution < -0.4 is 9.47 Å². The van der Waals surface area contributed by atoms with Gasteiger partial charge in [-0.25, -0.2) is 8.78 Å². The molecule has 0 bridgehead atoms. The number of hydrogen-bond acceptors (Lipinski definition) is 3. The molecule has 3 rings (SSSR count). The molecule has 0 aliphatic heterocycles. The second kappa shape index (κ2) is 11.6. The monoisotopic (exact) mass is 456 g/mol. The fraction of sp³-hybridized carbons (Fsp3) is 0.259. The van der Waals surface area contributed by atoms with Gasteiger partial charge in [-0.3, -0.25) is 0 Å². The summed E-state index contributed by atoms with van der Waals surface area (Å²) in [6.07, 6.45) is 2.84. The van der Waals surface area contributed by atoms with E-state index < -0.39 is 23.6 Å². The Labute approximate surface area is 192 Å². The third kappa shape index (κ3) is 6.17. The molecule has 0 saturated carbocycles. The van der Waals surface area contributed by atoms with Crippen molar-refractivity contribution in [2.24, 2.45) is 0 Å². The molecule has 1 N–H and O–H groups in total. The standard InChI is InChI=1S/C27H27F3O3/c1-3-5-15-32-25-14-13-22(26(29)27(25)30)18-9-11-21(12-10-18)33-17-20-8-7-19(16-23(20)28)24(31)6-4-2/h3,7-14,16,24,31H,1,4-6,15,17H2,2H3. The SMILES string of the molecule is C=CCCOc1ccc(-c2ccc(OCc3ccc(C(O)CCC)cc3F)cc2)c(F)c1F. The van der Waals surface area contributed by atoms with Crippen molar-refractivity contribution in [3.05, 3.63) is 95.8 Å². The van der Waals surface area contributed by atoms with E-state index in [-0.39, 0.29) is 24.5 Å². The van der Waals surface area contributed by atoms with Gasteiger partial charge in [0, 0.05) is 11.1 Å². The second-order valence-electron chi connectivity index (χ2n) is 7.63. The van der Waals surface area contributed by atoms with E-state index in [1.807, 2.05) is 6.92 Å². The smallest absolute Gasteiger partial charge is 0.201 e. The lowest BCUT2D eigenvalue weighted by Crippen LogP contribution is -2.02. The molecular weight excluding hydrogens is 429 g/mol. The fourth-order valence-electron chi connectivity index (χ4n) is 3.34. The predicted octanol–water partition coefficient (Wildman–Crippen LogP) is 7.14. The van der Waals surface area contributed by atoms with E-state index in [0.29, 0.717) is 35.3 Å². The minimum absolute atomic E-state index is 0.00489. The van der Waals surface area contributed by atoms with Crippen LogP contribution in [0.4, 0.5) is 13.2 Å². The zero-order valence-corrected chi connectivity index (χ0v) is 18.5. The molecule has 0 heterocycles. The first kappa shape index (κ1) is 24.4. The van der Waals surface area contributed by atoms with Gasteiger partial charge in [0.2, 0.25) is 5.82 Å². The number of hydrogen-bond donors (Lipinski definition) is 1. The van der Waals surface area contributed by atoms with Crippen molar-refractivity contribution in [3.8, 4) is 22.6 Å². The van der Waals surface area contributed by atoms with Crippen molar-refractivity contribution in [2.75, 3.05) is 6.61 Å². The van der Waals surface area contributed by atoms with Crippen LogP contribution in [0, 0.1) is 17.5 Å². The molecule has 6 heteroatoms. The van der Waals surface area contributed by atoms with Gasteiger partial charge in [0.15, 0.2) is 11.6 Å². The van der Waals surface area contributed by atoms with Gasteiger partial charge in [0.1, 0.15) is 18.2 Å². The fourth-order valence-corrected chi connectivity index (χ4v) is 3.34. The van der Waals surface area contributed by atoms with Gasteiger partial charge < -0.3 is 14.6 Å². The van der Waals surface area contributed by atoms with Crippen LogP contribution in [0.25, 0.3) is 11.1 Å². The number of rotatable bonds is 11. The maximum absolute atomic E-state index is 14.5. The average molecular weight is 457 g/mol. The van der Waals surface area contributed by atoms with Crippen molar-refractivity contribution < 1.29 is 27.8 Å². The van der Waals surface area contributed by atoms with E-state index in [4.69, 9.17) is 9.47 Å². The Morgan fingerprint density at radius 2 is 1.73 bits per heavy atom. The quantitative estimate of drug-likeness (QED) is 0.246. The highest BCUT2D eigenvalue weighted by molar-refractivity contribution is 5.66. The highest BCUT2D eigenvalue weighted by atomic mass is 19.2. The summed E-state index contributed by atoms with van der Waals surface area (Å²) < 4.78 is 54.1. The Morgan fingerprint density at radius 1 is 0.970 bits per heavy atom. The summed E-state index contributed by atoms with van der Waals surface area (Å²) in [4.78, 5) is 0. The Kier molecular flexibility index (Phi) is 8.55. The third-order valence-electron chi connectivity index (χ3n) is 5.21. The Bertz CT molecular complexity index is 1080. The highest BCUT2D eigenvalue weighted by Crippen LogP contribution is 2.31. The summed E-state index contributed by atoms with van der Waals surface area (Å²) in [6, 6.07) is 13.9. The zero-order chi connectivity index (χ0) is 23.8. The van der Waals surface area contributed by atoms with E-state index in [1.54, 1.807) is 42.5 Å². The number of halogens is 3. The van der Waals surface area contributed by atoms with E-state index in [1.165, 1.54) is 18.2 Å². The Balaban J connectivity index is 1.66. The molecule has 3 aromatic carbocycles. The van der Waals surface area contributed by atoms with Crippen LogP contribution in [0.3, 0.4) is 0 Å². The molecule has 0 aliphatic carbocycles. The summed E-state index contributed by atoms with van der Waals surface area (Å²) in [5.41, 5.74) is 1.46. The van der Waals surface area contributed by atoms with Gasteiger partial charge >= 0.3 is 0 Å². The normalized spacial score (nSPS) is 11.8. The van der Waals surface area contributed by atoms with E-state index in [9.17, 15) is 18.3 Å². The molecule has 33 heavy (non-hydrogen) atoms. The van der Waals surface area contributed by atoms with E-state index >= 15 is 0 Å². The summed E-state index contributed by atoms with van der Waals surface area (Å²) in [5.74, 6) is -2.17. The molecule has 0 fully saturated rings. The lowest BCUT2D eigenvalue weighted by Gasteiger charge is -2.13. The second-order valence-corrected chi connectivity index (χ2v) is 7.63. The molecule has 0 radical (unpaired) electrons. The van der Waals surface area contributed by atoms with Crippen LogP contribution in [-0.4, -0.2) is 11.7 Å². The van der Waals surface area contributed by atoms with Crippen LogP contribution in [-0.2, 0) is 6.61 Å². The minimum atomic E-state index is -1.04. The first-order valence-corrected chi connectivity index (χ1v) is 10.9. The molecule has 0 amide bonds. The Hall–Kier alpha value is -3.25. The maximum Gasteiger partial charge on any atom is 0.201 e. The van der Waals surface area contributed by atoms with Crippen LogP contribution in [0.5, 0.6) is 11.5 Å². The van der Waals surface area contributed by atoms with Crippen molar-refractivity contribution in [3.63, 3.8) is 0 Å². The molecule has 3 nitrogen and oxygen atoms in total. The minimum Gasteiger partial charge on any atom is -0.490 e. The van der Waals surface area contributed by atoms with Gasteiger partial charge in [-0.1, -0.05) is 43.7 Å². The molecule has 0 spiro atoms. The van der Waals surface area contributed by atoms with Crippen molar-refractivity contribution in [1.82, 2.24) is 0 Å². The maximum atomic E-state index is 14.5. The van der Waals surface area contributed by atoms with Crippen LogP contribution in [0.15, 0.2) is 67.3 Å². The molecule has 3 aromatic rings. The molecule has 0 saturated heterocycles.